The summed E-state index contributed by atoms with van der Waals surface area (Å²) in [5, 5.41) is 6.93. The lowest BCUT2D eigenvalue weighted by molar-refractivity contribution is 0.107. The molecule has 0 amide bonds. The van der Waals surface area contributed by atoms with E-state index in [-0.39, 0.29) is 30.1 Å². The smallest absolute Gasteiger partial charge is 0.191 e. The Morgan fingerprint density at radius 2 is 1.85 bits per heavy atom. The highest BCUT2D eigenvalue weighted by Gasteiger charge is 2.21. The van der Waals surface area contributed by atoms with E-state index in [2.05, 4.69) is 47.3 Å². The Hall–Kier alpha value is -1.26. The first-order valence-electron chi connectivity index (χ1n) is 12.5. The molecule has 1 saturated heterocycles. The zero-order valence-corrected chi connectivity index (χ0v) is 23.3. The van der Waals surface area contributed by atoms with E-state index in [1.54, 1.807) is 7.11 Å². The first-order chi connectivity index (χ1) is 15.6. The van der Waals surface area contributed by atoms with Crippen LogP contribution in [0.25, 0.3) is 0 Å². The summed E-state index contributed by atoms with van der Waals surface area (Å²) in [5.41, 5.74) is 1.07. The molecule has 1 aromatic carbocycles. The molecule has 0 radical (unpaired) electrons. The van der Waals surface area contributed by atoms with Crippen molar-refractivity contribution in [1.29, 1.82) is 0 Å². The van der Waals surface area contributed by atoms with Crippen molar-refractivity contribution in [3.63, 3.8) is 0 Å². The van der Waals surface area contributed by atoms with E-state index in [4.69, 9.17) is 14.5 Å². The maximum Gasteiger partial charge on any atom is 0.191 e. The van der Waals surface area contributed by atoms with Gasteiger partial charge in [-0.1, -0.05) is 19.1 Å². The van der Waals surface area contributed by atoms with E-state index >= 15 is 0 Å². The van der Waals surface area contributed by atoms with Crippen LogP contribution in [0.4, 0.5) is 0 Å². The molecule has 0 spiro atoms. The van der Waals surface area contributed by atoms with Gasteiger partial charge in [0.2, 0.25) is 0 Å². The van der Waals surface area contributed by atoms with E-state index in [1.165, 1.54) is 12.8 Å². The quantitative estimate of drug-likeness (QED) is 0.253. The van der Waals surface area contributed by atoms with Crippen molar-refractivity contribution in [3.05, 3.63) is 23.8 Å². The maximum absolute atomic E-state index is 6.37. The molecule has 0 bridgehead atoms. The molecular weight excluding hydrogens is 529 g/mol. The van der Waals surface area contributed by atoms with Gasteiger partial charge in [0.05, 0.1) is 19.8 Å². The lowest BCUT2D eigenvalue weighted by Crippen LogP contribution is -2.53. The van der Waals surface area contributed by atoms with Gasteiger partial charge in [-0.25, -0.2) is 4.99 Å². The monoisotopic (exact) mass is 573 g/mol. The van der Waals surface area contributed by atoms with Crippen molar-refractivity contribution in [2.75, 3.05) is 52.9 Å². The van der Waals surface area contributed by atoms with E-state index in [1.807, 2.05) is 12.1 Å². The van der Waals surface area contributed by atoms with Gasteiger partial charge in [-0.2, -0.15) is 0 Å². The van der Waals surface area contributed by atoms with Gasteiger partial charge in [-0.15, -0.1) is 24.0 Å². The predicted molar refractivity (Wildman–Crippen MR) is 147 cm³/mol. The number of nitrogens with zero attached hydrogens (tertiary/aromatic N) is 3. The van der Waals surface area contributed by atoms with Crippen LogP contribution in [0.5, 0.6) is 11.5 Å². The third-order valence-corrected chi connectivity index (χ3v) is 6.66. The fourth-order valence-electron chi connectivity index (χ4n) is 4.55. The number of aliphatic imine (C=N–C) groups is 1. The number of halogens is 1. The molecular formula is C25H44IN5O2. The topological polar surface area (TPSA) is 61.4 Å². The molecule has 1 aliphatic heterocycles. The summed E-state index contributed by atoms with van der Waals surface area (Å²) in [7, 11) is 1.71. The fourth-order valence-corrected chi connectivity index (χ4v) is 4.55. The van der Waals surface area contributed by atoms with Gasteiger partial charge in [0.1, 0.15) is 0 Å². The normalized spacial score (nSPS) is 19.1. The summed E-state index contributed by atoms with van der Waals surface area (Å²) in [5.74, 6) is 2.49. The molecule has 1 heterocycles. The third kappa shape index (κ3) is 8.47. The van der Waals surface area contributed by atoms with Crippen molar-refractivity contribution in [2.45, 2.75) is 65.1 Å². The van der Waals surface area contributed by atoms with Gasteiger partial charge in [-0.3, -0.25) is 4.90 Å². The van der Waals surface area contributed by atoms with Crippen molar-refractivity contribution < 1.29 is 9.47 Å². The Kier molecular flexibility index (Phi) is 12.6. The average Bonchev–Trinajstić information content (AvgIpc) is 3.34. The molecule has 8 heteroatoms. The van der Waals surface area contributed by atoms with E-state index < -0.39 is 0 Å². The van der Waals surface area contributed by atoms with Gasteiger partial charge in [0, 0.05) is 50.9 Å². The highest BCUT2D eigenvalue weighted by Crippen LogP contribution is 2.35. The van der Waals surface area contributed by atoms with Crippen LogP contribution in [0.1, 0.15) is 52.0 Å². The number of hydrogen-bond donors (Lipinski definition) is 2. The van der Waals surface area contributed by atoms with Crippen LogP contribution < -0.4 is 20.1 Å². The molecule has 3 rings (SSSR count). The van der Waals surface area contributed by atoms with E-state index in [0.717, 1.165) is 81.7 Å². The molecule has 2 N–H and O–H groups in total. The Labute approximate surface area is 217 Å². The molecule has 0 aromatic heterocycles. The summed E-state index contributed by atoms with van der Waals surface area (Å²) in [6, 6.07) is 6.55. The van der Waals surface area contributed by atoms with Gasteiger partial charge in [0.25, 0.3) is 0 Å². The summed E-state index contributed by atoms with van der Waals surface area (Å²) >= 11 is 0. The highest BCUT2D eigenvalue weighted by atomic mass is 127. The summed E-state index contributed by atoms with van der Waals surface area (Å²) in [6.45, 7) is 14.6. The number of nitrogens with one attached hydrogen (secondary N) is 2. The minimum Gasteiger partial charge on any atom is -0.493 e. The standard InChI is InChI=1S/C25H43N5O2.HI/c1-5-26-25(27-18-20(3)30-16-14-29(6-2)15-17-30)28-19-21-10-9-13-23(31-4)24(21)32-22-11-7-8-12-22;/h9-10,13,20,22H,5-8,11-12,14-19H2,1-4H3,(H2,26,27,28);1H. The van der Waals surface area contributed by atoms with Crippen molar-refractivity contribution in [2.24, 2.45) is 4.99 Å². The minimum atomic E-state index is 0. The van der Waals surface area contributed by atoms with Crippen LogP contribution in [-0.2, 0) is 6.54 Å². The second kappa shape index (κ2) is 14.9. The zero-order chi connectivity index (χ0) is 22.8. The number of ether oxygens (including phenoxy) is 2. The summed E-state index contributed by atoms with van der Waals surface area (Å²) in [6.07, 6.45) is 5.01. The maximum atomic E-state index is 6.37. The minimum absolute atomic E-state index is 0. The number of hydrogen-bond acceptors (Lipinski definition) is 5. The summed E-state index contributed by atoms with van der Waals surface area (Å²) in [4.78, 5) is 9.95. The molecule has 2 aliphatic rings. The van der Waals surface area contributed by atoms with Crippen LogP contribution in [0.2, 0.25) is 0 Å². The van der Waals surface area contributed by atoms with Gasteiger partial charge in [-0.05, 0) is 52.1 Å². The van der Waals surface area contributed by atoms with Gasteiger partial charge < -0.3 is 25.0 Å². The molecule has 2 fully saturated rings. The lowest BCUT2D eigenvalue weighted by atomic mass is 10.1. The van der Waals surface area contributed by atoms with E-state index in [9.17, 15) is 0 Å². The van der Waals surface area contributed by atoms with Crippen molar-refractivity contribution >= 4 is 29.9 Å². The van der Waals surface area contributed by atoms with E-state index in [0.29, 0.717) is 12.6 Å². The van der Waals surface area contributed by atoms with Crippen LogP contribution >= 0.6 is 24.0 Å². The number of para-hydroxylation sites is 1. The lowest BCUT2D eigenvalue weighted by Gasteiger charge is -2.37. The van der Waals surface area contributed by atoms with Crippen molar-refractivity contribution in [3.8, 4) is 11.5 Å². The second-order valence-electron chi connectivity index (χ2n) is 8.87. The number of methoxy groups -OCH3 is 1. The fraction of sp³-hybridized carbons (Fsp3) is 0.720. The summed E-state index contributed by atoms with van der Waals surface area (Å²) < 4.78 is 12.0. The molecule has 1 aromatic rings. The number of rotatable bonds is 10. The second-order valence-corrected chi connectivity index (χ2v) is 8.87. The van der Waals surface area contributed by atoms with Gasteiger partial charge >= 0.3 is 0 Å². The zero-order valence-electron chi connectivity index (χ0n) is 20.9. The average molecular weight is 574 g/mol. The van der Waals surface area contributed by atoms with Crippen LogP contribution in [0, 0.1) is 0 Å². The van der Waals surface area contributed by atoms with Gasteiger partial charge in [0.15, 0.2) is 17.5 Å². The van der Waals surface area contributed by atoms with Crippen molar-refractivity contribution in [1.82, 2.24) is 20.4 Å². The number of benzene rings is 1. The molecule has 33 heavy (non-hydrogen) atoms. The molecule has 1 aliphatic carbocycles. The first kappa shape index (κ1) is 28.0. The van der Waals surface area contributed by atoms with Crippen LogP contribution in [0.3, 0.4) is 0 Å². The first-order valence-corrected chi connectivity index (χ1v) is 12.5. The molecule has 1 unspecified atom stereocenters. The Balaban J connectivity index is 0.00000385. The number of piperazine rings is 1. The van der Waals surface area contributed by atoms with Crippen LogP contribution in [0.15, 0.2) is 23.2 Å². The SMILES string of the molecule is CCNC(=NCc1cccc(OC)c1OC1CCCC1)NCC(C)N1CCN(CC)CC1.I. The Morgan fingerprint density at radius 1 is 1.12 bits per heavy atom. The largest absolute Gasteiger partial charge is 0.493 e. The molecule has 1 saturated carbocycles. The molecule has 1 atom stereocenters. The predicted octanol–water partition coefficient (Wildman–Crippen LogP) is 3.72. The highest BCUT2D eigenvalue weighted by molar-refractivity contribution is 14.0. The molecule has 7 nitrogen and oxygen atoms in total. The Bertz CT molecular complexity index is 719. The van der Waals surface area contributed by atoms with Crippen LogP contribution in [-0.4, -0.2) is 80.8 Å². The number of guanidine groups is 1. The Morgan fingerprint density at radius 3 is 2.48 bits per heavy atom. The molecule has 188 valence electrons. The number of likely N-dealkylation sites (N-methyl/N-ethyl adjacent to an activating group) is 1. The third-order valence-electron chi connectivity index (χ3n) is 6.66.